The predicted octanol–water partition coefficient (Wildman–Crippen LogP) is 3.25. The van der Waals surface area contributed by atoms with Crippen LogP contribution in [-0.2, 0) is 6.54 Å². The maximum atomic E-state index is 6.17. The lowest BCUT2D eigenvalue weighted by atomic mass is 10.2. The molecule has 0 aliphatic rings. The third-order valence-electron chi connectivity index (χ3n) is 2.79. The zero-order valence-corrected chi connectivity index (χ0v) is 11.7. The smallest absolute Gasteiger partial charge is 0.149 e. The van der Waals surface area contributed by atoms with Gasteiger partial charge in [0.25, 0.3) is 0 Å². The van der Waals surface area contributed by atoms with Crippen molar-refractivity contribution in [3.8, 4) is 5.75 Å². The molecule has 1 aromatic heterocycles. The zero-order valence-electron chi connectivity index (χ0n) is 10.9. The summed E-state index contributed by atoms with van der Waals surface area (Å²) in [6.45, 7) is 2.42. The lowest BCUT2D eigenvalue weighted by Crippen LogP contribution is -2.06. The Kier molecular flexibility index (Phi) is 4.12. The first kappa shape index (κ1) is 13.5. The van der Waals surface area contributed by atoms with Gasteiger partial charge in [0.05, 0.1) is 12.8 Å². The molecular formula is C14H16ClN3O. The number of aryl methyl sites for hydroxylation is 1. The van der Waals surface area contributed by atoms with E-state index in [-0.39, 0.29) is 0 Å². The quantitative estimate of drug-likeness (QED) is 0.901. The largest absolute Gasteiger partial charge is 0.496 e. The van der Waals surface area contributed by atoms with E-state index in [1.165, 1.54) is 0 Å². The van der Waals surface area contributed by atoms with Crippen molar-refractivity contribution in [1.29, 1.82) is 0 Å². The molecule has 0 saturated heterocycles. The fourth-order valence-electron chi connectivity index (χ4n) is 1.78. The maximum absolute atomic E-state index is 6.17. The third kappa shape index (κ3) is 3.09. The number of benzene rings is 1. The first-order chi connectivity index (χ1) is 9.11. The van der Waals surface area contributed by atoms with E-state index in [0.29, 0.717) is 23.1 Å². The van der Waals surface area contributed by atoms with E-state index in [1.807, 2.05) is 37.3 Å². The number of nitrogens with two attached hydrogens (primary N) is 1. The van der Waals surface area contributed by atoms with Crippen molar-refractivity contribution in [1.82, 2.24) is 4.98 Å². The van der Waals surface area contributed by atoms with Gasteiger partial charge in [-0.05, 0) is 31.2 Å². The molecule has 3 N–H and O–H groups in total. The number of nitrogens with zero attached hydrogens (tertiary/aromatic N) is 1. The van der Waals surface area contributed by atoms with Crippen LogP contribution >= 0.6 is 11.6 Å². The number of nitrogen functional groups attached to an aromatic ring is 1. The summed E-state index contributed by atoms with van der Waals surface area (Å²) in [5, 5.41) is 3.84. The summed E-state index contributed by atoms with van der Waals surface area (Å²) < 4.78 is 5.29. The summed E-state index contributed by atoms with van der Waals surface area (Å²) in [4.78, 5) is 4.35. The minimum Gasteiger partial charge on any atom is -0.496 e. The Labute approximate surface area is 117 Å². The fourth-order valence-corrected chi connectivity index (χ4v) is 2.02. The van der Waals surface area contributed by atoms with Gasteiger partial charge in [-0.2, -0.15) is 0 Å². The van der Waals surface area contributed by atoms with Gasteiger partial charge in [-0.3, -0.25) is 0 Å². The van der Waals surface area contributed by atoms with Gasteiger partial charge >= 0.3 is 0 Å². The maximum Gasteiger partial charge on any atom is 0.149 e. The summed E-state index contributed by atoms with van der Waals surface area (Å²) in [7, 11) is 1.62. The van der Waals surface area contributed by atoms with Crippen molar-refractivity contribution in [3.63, 3.8) is 0 Å². The van der Waals surface area contributed by atoms with Crippen LogP contribution in [0.1, 0.15) is 11.3 Å². The van der Waals surface area contributed by atoms with Crippen molar-refractivity contribution in [2.24, 2.45) is 0 Å². The van der Waals surface area contributed by atoms with Crippen LogP contribution in [0.3, 0.4) is 0 Å². The average molecular weight is 278 g/mol. The molecule has 1 aromatic carbocycles. The van der Waals surface area contributed by atoms with Gasteiger partial charge in [0.15, 0.2) is 0 Å². The van der Waals surface area contributed by atoms with Crippen LogP contribution in [-0.4, -0.2) is 12.1 Å². The summed E-state index contributed by atoms with van der Waals surface area (Å²) in [5.41, 5.74) is 8.27. The molecule has 0 amide bonds. The van der Waals surface area contributed by atoms with Crippen molar-refractivity contribution in [2.45, 2.75) is 13.5 Å². The zero-order chi connectivity index (χ0) is 13.8. The molecule has 0 unspecified atom stereocenters. The lowest BCUT2D eigenvalue weighted by Gasteiger charge is -2.13. The number of hydrogen-bond acceptors (Lipinski definition) is 4. The van der Waals surface area contributed by atoms with E-state index >= 15 is 0 Å². The number of halogens is 1. The molecule has 19 heavy (non-hydrogen) atoms. The van der Waals surface area contributed by atoms with E-state index in [9.17, 15) is 0 Å². The second kappa shape index (κ2) is 5.80. The molecule has 0 bridgehead atoms. The van der Waals surface area contributed by atoms with Crippen LogP contribution in [0.4, 0.5) is 11.5 Å². The number of nitrogens with one attached hydrogen (secondary N) is 1. The van der Waals surface area contributed by atoms with Gasteiger partial charge in [0.2, 0.25) is 0 Å². The molecular weight excluding hydrogens is 262 g/mol. The average Bonchev–Trinajstić information content (AvgIpc) is 2.40. The van der Waals surface area contributed by atoms with Crippen LogP contribution < -0.4 is 15.8 Å². The highest BCUT2D eigenvalue weighted by Crippen LogP contribution is 2.27. The minimum absolute atomic E-state index is 0.503. The van der Waals surface area contributed by atoms with Gasteiger partial charge < -0.3 is 15.8 Å². The Morgan fingerprint density at radius 2 is 2.11 bits per heavy atom. The molecule has 2 aromatic rings. The third-order valence-corrected chi connectivity index (χ3v) is 3.15. The number of aromatic nitrogens is 1. The normalized spacial score (nSPS) is 10.3. The lowest BCUT2D eigenvalue weighted by molar-refractivity contribution is 0.410. The second-order valence-electron chi connectivity index (χ2n) is 4.16. The molecule has 0 atom stereocenters. The Balaban J connectivity index is 2.21. The van der Waals surface area contributed by atoms with E-state index in [2.05, 4.69) is 10.3 Å². The molecule has 0 radical (unpaired) electrons. The van der Waals surface area contributed by atoms with Gasteiger partial charge in [-0.25, -0.2) is 4.98 Å². The number of methoxy groups -OCH3 is 1. The molecule has 0 fully saturated rings. The minimum atomic E-state index is 0.503. The topological polar surface area (TPSA) is 60.2 Å². The molecule has 5 heteroatoms. The Morgan fingerprint density at radius 3 is 2.84 bits per heavy atom. The van der Waals surface area contributed by atoms with E-state index in [0.717, 1.165) is 17.0 Å². The molecule has 0 saturated carbocycles. The van der Waals surface area contributed by atoms with E-state index in [4.69, 9.17) is 22.1 Å². The monoisotopic (exact) mass is 277 g/mol. The number of rotatable bonds is 4. The van der Waals surface area contributed by atoms with Crippen LogP contribution in [0.5, 0.6) is 5.75 Å². The summed E-state index contributed by atoms with van der Waals surface area (Å²) in [5.74, 6) is 1.40. The van der Waals surface area contributed by atoms with Gasteiger partial charge in [0.1, 0.15) is 11.6 Å². The van der Waals surface area contributed by atoms with Gasteiger partial charge in [-0.1, -0.05) is 17.7 Å². The van der Waals surface area contributed by atoms with Crippen molar-refractivity contribution < 1.29 is 4.74 Å². The first-order valence-corrected chi connectivity index (χ1v) is 6.28. The molecule has 0 spiro atoms. The van der Waals surface area contributed by atoms with Gasteiger partial charge in [0, 0.05) is 22.8 Å². The highest BCUT2D eigenvalue weighted by Gasteiger charge is 2.08. The standard InChI is InChI=1S/C14H16ClN3O/c1-9-6-7-12(16)14(18-9)17-8-10-11(15)4-3-5-13(10)19-2/h3-7H,8,16H2,1-2H3,(H,17,18). The number of hydrogen-bond donors (Lipinski definition) is 2. The highest BCUT2D eigenvalue weighted by atomic mass is 35.5. The molecule has 2 rings (SSSR count). The molecule has 100 valence electrons. The summed E-state index contributed by atoms with van der Waals surface area (Å²) in [6.07, 6.45) is 0. The van der Waals surface area contributed by atoms with Crippen LogP contribution in [0.15, 0.2) is 30.3 Å². The van der Waals surface area contributed by atoms with Crippen molar-refractivity contribution in [3.05, 3.63) is 46.6 Å². The van der Waals surface area contributed by atoms with Gasteiger partial charge in [-0.15, -0.1) is 0 Å². The molecule has 0 aliphatic heterocycles. The number of anilines is 2. The SMILES string of the molecule is COc1cccc(Cl)c1CNc1nc(C)ccc1N. The number of ether oxygens (including phenoxy) is 1. The van der Waals surface area contributed by atoms with E-state index < -0.39 is 0 Å². The number of pyridine rings is 1. The van der Waals surface area contributed by atoms with Crippen molar-refractivity contribution in [2.75, 3.05) is 18.2 Å². The Morgan fingerprint density at radius 1 is 1.32 bits per heavy atom. The summed E-state index contributed by atoms with van der Waals surface area (Å²) in [6, 6.07) is 9.25. The van der Waals surface area contributed by atoms with Crippen molar-refractivity contribution >= 4 is 23.1 Å². The summed E-state index contributed by atoms with van der Waals surface area (Å²) >= 11 is 6.17. The van der Waals surface area contributed by atoms with Crippen LogP contribution in [0.2, 0.25) is 5.02 Å². The highest BCUT2D eigenvalue weighted by molar-refractivity contribution is 6.31. The predicted molar refractivity (Wildman–Crippen MR) is 78.7 cm³/mol. The Bertz CT molecular complexity index is 587. The molecule has 0 aliphatic carbocycles. The molecule has 1 heterocycles. The van der Waals surface area contributed by atoms with E-state index in [1.54, 1.807) is 7.11 Å². The first-order valence-electron chi connectivity index (χ1n) is 5.90. The van der Waals surface area contributed by atoms with Crippen LogP contribution in [0.25, 0.3) is 0 Å². The fraction of sp³-hybridized carbons (Fsp3) is 0.214. The Hall–Kier alpha value is -1.94. The second-order valence-corrected chi connectivity index (χ2v) is 4.57. The van der Waals surface area contributed by atoms with Crippen LogP contribution in [0, 0.1) is 6.92 Å². The molecule has 4 nitrogen and oxygen atoms in total.